The molecule has 1 aromatic carbocycles. The van der Waals surface area contributed by atoms with Gasteiger partial charge < -0.3 is 15.1 Å². The molecule has 32 heavy (non-hydrogen) atoms. The predicted molar refractivity (Wildman–Crippen MR) is 131 cm³/mol. The number of hydrogen-bond acceptors (Lipinski definition) is 5. The maximum Gasteiger partial charge on any atom is 0.223 e. The molecule has 3 aromatic rings. The summed E-state index contributed by atoms with van der Waals surface area (Å²) < 4.78 is 1.88. The van der Waals surface area contributed by atoms with Crippen LogP contribution in [-0.2, 0) is 4.79 Å². The van der Waals surface area contributed by atoms with Gasteiger partial charge in [-0.05, 0) is 33.6 Å². The fourth-order valence-corrected chi connectivity index (χ4v) is 5.25. The number of piperidine rings is 1. The Morgan fingerprint density at radius 1 is 1.19 bits per heavy atom. The van der Waals surface area contributed by atoms with Crippen LogP contribution in [0.15, 0.2) is 30.5 Å². The van der Waals surface area contributed by atoms with Crippen LogP contribution in [0.25, 0.3) is 16.2 Å². The van der Waals surface area contributed by atoms with Gasteiger partial charge in [-0.15, -0.1) is 5.10 Å². The Kier molecular flexibility index (Phi) is 7.42. The molecule has 0 saturated carbocycles. The third-order valence-corrected chi connectivity index (χ3v) is 7.51. The van der Waals surface area contributed by atoms with Crippen LogP contribution in [0.4, 0.5) is 5.13 Å². The van der Waals surface area contributed by atoms with E-state index in [0.29, 0.717) is 0 Å². The third-order valence-electron chi connectivity index (χ3n) is 6.52. The number of hydrogen-bond donors (Lipinski definition) is 2. The molecule has 1 aliphatic rings. The van der Waals surface area contributed by atoms with E-state index in [4.69, 9.17) is 10.1 Å². The quantitative estimate of drug-likeness (QED) is 0.487. The van der Waals surface area contributed by atoms with Gasteiger partial charge in [0.2, 0.25) is 16.0 Å². The molecule has 3 heterocycles. The second kappa shape index (κ2) is 10.4. The van der Waals surface area contributed by atoms with Crippen molar-refractivity contribution < 1.29 is 9.69 Å². The van der Waals surface area contributed by atoms with Crippen LogP contribution in [0.3, 0.4) is 0 Å². The molecule has 2 aromatic heterocycles. The highest BCUT2D eigenvalue weighted by Crippen LogP contribution is 2.29. The molecule has 4 rings (SSSR count). The van der Waals surface area contributed by atoms with Crippen LogP contribution in [0.2, 0.25) is 0 Å². The average Bonchev–Trinajstić information content (AvgIpc) is 3.39. The first-order chi connectivity index (χ1) is 15.6. The third kappa shape index (κ3) is 5.30. The number of rotatable bonds is 9. The van der Waals surface area contributed by atoms with Gasteiger partial charge in [0.1, 0.15) is 0 Å². The number of nitrogens with one attached hydrogen (secondary N) is 2. The molecule has 172 valence electrons. The monoisotopic (exact) mass is 455 g/mol. The molecular weight excluding hydrogens is 420 g/mol. The molecule has 0 unspecified atom stereocenters. The smallest absolute Gasteiger partial charge is 0.223 e. The molecule has 1 fully saturated rings. The zero-order valence-corrected chi connectivity index (χ0v) is 20.2. The van der Waals surface area contributed by atoms with Crippen LogP contribution < -0.4 is 15.1 Å². The maximum absolute atomic E-state index is 12.6. The summed E-state index contributed by atoms with van der Waals surface area (Å²) in [5.74, 6) is 0.333. The van der Waals surface area contributed by atoms with Gasteiger partial charge in [0, 0.05) is 37.5 Å². The Labute approximate surface area is 194 Å². The zero-order chi connectivity index (χ0) is 22.5. The van der Waals surface area contributed by atoms with Crippen molar-refractivity contribution >= 4 is 27.3 Å². The van der Waals surface area contributed by atoms with E-state index in [1.807, 2.05) is 10.7 Å². The summed E-state index contributed by atoms with van der Waals surface area (Å²) in [6.45, 7) is 12.5. The van der Waals surface area contributed by atoms with Crippen molar-refractivity contribution in [3.63, 3.8) is 0 Å². The van der Waals surface area contributed by atoms with Crippen LogP contribution in [-0.4, -0.2) is 59.8 Å². The van der Waals surface area contributed by atoms with Crippen molar-refractivity contribution in [1.29, 1.82) is 0 Å². The lowest BCUT2D eigenvalue weighted by Gasteiger charge is -2.30. The summed E-state index contributed by atoms with van der Waals surface area (Å²) in [6, 6.07) is 8.41. The van der Waals surface area contributed by atoms with Gasteiger partial charge >= 0.3 is 0 Å². The summed E-state index contributed by atoms with van der Waals surface area (Å²) in [5, 5.41) is 8.90. The van der Waals surface area contributed by atoms with Gasteiger partial charge in [-0.25, -0.2) is 9.50 Å². The molecule has 2 N–H and O–H groups in total. The van der Waals surface area contributed by atoms with Crippen molar-refractivity contribution in [1.82, 2.24) is 19.9 Å². The normalized spacial score (nSPS) is 15.1. The Morgan fingerprint density at radius 3 is 2.56 bits per heavy atom. The largest absolute Gasteiger partial charge is 0.356 e. The number of quaternary nitrogens is 1. The minimum atomic E-state index is 0.115. The van der Waals surface area contributed by atoms with Gasteiger partial charge in [-0.3, -0.25) is 4.79 Å². The van der Waals surface area contributed by atoms with Crippen LogP contribution >= 0.6 is 11.3 Å². The molecule has 0 bridgehead atoms. The number of imidazole rings is 1. The topological polar surface area (TPSA) is 67.0 Å². The second-order valence-corrected chi connectivity index (χ2v) is 9.65. The predicted octanol–water partition coefficient (Wildman–Crippen LogP) is 2.41. The van der Waals surface area contributed by atoms with E-state index < -0.39 is 0 Å². The molecule has 0 spiro atoms. The number of nitrogens with zero attached hydrogens (tertiary/aromatic N) is 4. The van der Waals surface area contributed by atoms with Crippen LogP contribution in [0, 0.1) is 12.8 Å². The van der Waals surface area contributed by atoms with Gasteiger partial charge in [0.15, 0.2) is 0 Å². The Balaban J connectivity index is 1.27. The highest BCUT2D eigenvalue weighted by Gasteiger charge is 2.26. The Bertz CT molecular complexity index is 983. The molecule has 7 nitrogen and oxygen atoms in total. The fraction of sp³-hybridized carbons (Fsp3) is 0.542. The standard InChI is InChI=1S/C24H34N6OS/c1-4-28(5-2)14-6-13-25-22(31)20-11-15-29(16-12-20)24-27-30-17-21(26-23(30)32-24)19-9-7-18(3)8-10-19/h7-10,17,20H,4-6,11-16H2,1-3H3,(H,25,31)/p+1. The molecule has 1 saturated heterocycles. The minimum absolute atomic E-state index is 0.115. The number of benzene rings is 1. The Morgan fingerprint density at radius 2 is 1.91 bits per heavy atom. The van der Waals surface area contributed by atoms with Gasteiger partial charge in [0.25, 0.3) is 0 Å². The minimum Gasteiger partial charge on any atom is -0.356 e. The molecular formula is C24H35N6OS+. The molecule has 1 aliphatic heterocycles. The lowest BCUT2D eigenvalue weighted by molar-refractivity contribution is -0.896. The first kappa shape index (κ1) is 22.7. The summed E-state index contributed by atoms with van der Waals surface area (Å²) in [5.41, 5.74) is 3.31. The van der Waals surface area contributed by atoms with Crippen molar-refractivity contribution in [3.05, 3.63) is 36.0 Å². The zero-order valence-electron chi connectivity index (χ0n) is 19.4. The number of anilines is 1. The number of carbonyl (C=O) groups excluding carboxylic acids is 1. The van der Waals surface area contributed by atoms with Crippen molar-refractivity contribution in [2.45, 2.75) is 40.0 Å². The van der Waals surface area contributed by atoms with Gasteiger partial charge in [-0.1, -0.05) is 41.2 Å². The molecule has 1 amide bonds. The first-order valence-electron chi connectivity index (χ1n) is 11.9. The van der Waals surface area contributed by atoms with Crippen LogP contribution in [0.1, 0.15) is 38.7 Å². The molecule has 0 radical (unpaired) electrons. The number of aromatic nitrogens is 3. The lowest BCUT2D eigenvalue weighted by atomic mass is 9.96. The summed E-state index contributed by atoms with van der Waals surface area (Å²) in [4.78, 5) is 22.1. The van der Waals surface area contributed by atoms with Crippen LogP contribution in [0.5, 0.6) is 0 Å². The Hall–Kier alpha value is -2.45. The van der Waals surface area contributed by atoms with E-state index in [0.717, 1.165) is 79.9 Å². The molecule has 8 heteroatoms. The summed E-state index contributed by atoms with van der Waals surface area (Å²) >= 11 is 1.62. The highest BCUT2D eigenvalue weighted by atomic mass is 32.1. The van der Waals surface area contributed by atoms with Gasteiger partial charge in [0.05, 0.1) is 31.5 Å². The highest BCUT2D eigenvalue weighted by molar-refractivity contribution is 7.20. The first-order valence-corrected chi connectivity index (χ1v) is 12.7. The molecule has 0 atom stereocenters. The van der Waals surface area contributed by atoms with E-state index in [1.54, 1.807) is 16.2 Å². The van der Waals surface area contributed by atoms with Crippen molar-refractivity contribution in [3.8, 4) is 11.3 Å². The average molecular weight is 456 g/mol. The van der Waals surface area contributed by atoms with Gasteiger partial charge in [-0.2, -0.15) is 0 Å². The lowest BCUT2D eigenvalue weighted by Crippen LogP contribution is -3.11. The van der Waals surface area contributed by atoms with Crippen molar-refractivity contribution in [2.24, 2.45) is 5.92 Å². The van der Waals surface area contributed by atoms with E-state index in [9.17, 15) is 4.79 Å². The van der Waals surface area contributed by atoms with Crippen molar-refractivity contribution in [2.75, 3.05) is 44.2 Å². The summed E-state index contributed by atoms with van der Waals surface area (Å²) in [7, 11) is 0. The SMILES string of the molecule is CC[NH+](CC)CCCNC(=O)C1CCN(c2nn3cc(-c4ccc(C)cc4)nc3s2)CC1. The fourth-order valence-electron chi connectivity index (χ4n) is 4.31. The second-order valence-electron chi connectivity index (χ2n) is 8.72. The maximum atomic E-state index is 12.6. The van der Waals surface area contributed by atoms with E-state index in [-0.39, 0.29) is 11.8 Å². The van der Waals surface area contributed by atoms with E-state index in [2.05, 4.69) is 55.3 Å². The number of amides is 1. The van der Waals surface area contributed by atoms with E-state index in [1.165, 1.54) is 5.56 Å². The number of carbonyl (C=O) groups is 1. The molecule has 0 aliphatic carbocycles. The number of aryl methyl sites for hydroxylation is 1. The van der Waals surface area contributed by atoms with E-state index >= 15 is 0 Å². The summed E-state index contributed by atoms with van der Waals surface area (Å²) in [6.07, 6.45) is 4.80. The number of fused-ring (bicyclic) bond motifs is 1.